The molecule has 0 amide bonds. The predicted molar refractivity (Wildman–Crippen MR) is 89.5 cm³/mol. The van der Waals surface area contributed by atoms with Gasteiger partial charge in [-0.15, -0.1) is 0 Å². The highest BCUT2D eigenvalue weighted by atomic mass is 79.9. The van der Waals surface area contributed by atoms with Crippen molar-refractivity contribution in [2.24, 2.45) is 0 Å². The Labute approximate surface area is 140 Å². The van der Waals surface area contributed by atoms with Crippen LogP contribution in [-0.2, 0) is 4.74 Å². The van der Waals surface area contributed by atoms with Gasteiger partial charge in [-0.3, -0.25) is 0 Å². The van der Waals surface area contributed by atoms with Crippen LogP contribution in [0.1, 0.15) is 26.6 Å². The lowest BCUT2D eigenvalue weighted by molar-refractivity contribution is 0.0525. The number of alkyl halides is 2. The molecule has 2 rings (SSSR count). The molecule has 21 heavy (non-hydrogen) atoms. The van der Waals surface area contributed by atoms with Crippen molar-refractivity contribution in [2.75, 3.05) is 6.61 Å². The van der Waals surface area contributed by atoms with Gasteiger partial charge < -0.3 is 9.47 Å². The fourth-order valence-corrected chi connectivity index (χ4v) is 2.56. The predicted octanol–water partition coefficient (Wildman–Crippen LogP) is 5.44. The SMILES string of the molecule is CCOC(=O)c1ccc(Oc2ccccc2)cc1C(Br)Br. The summed E-state index contributed by atoms with van der Waals surface area (Å²) in [6.07, 6.45) is 0. The average Bonchev–Trinajstić information content (AvgIpc) is 2.48. The number of carbonyl (C=O) groups excluding carboxylic acids is 1. The van der Waals surface area contributed by atoms with Crippen LogP contribution in [0.15, 0.2) is 48.5 Å². The van der Waals surface area contributed by atoms with Gasteiger partial charge in [0.25, 0.3) is 0 Å². The second-order valence-electron chi connectivity index (χ2n) is 4.19. The van der Waals surface area contributed by atoms with Crippen LogP contribution in [0.25, 0.3) is 0 Å². The molecule has 5 heteroatoms. The van der Waals surface area contributed by atoms with Crippen molar-refractivity contribution in [3.8, 4) is 11.5 Å². The molecule has 0 N–H and O–H groups in total. The first-order valence-corrected chi connectivity index (χ1v) is 8.27. The first-order valence-electron chi connectivity index (χ1n) is 6.44. The lowest BCUT2D eigenvalue weighted by atomic mass is 10.1. The number of halogens is 2. The number of hydrogen-bond acceptors (Lipinski definition) is 3. The number of esters is 1. The molecule has 0 aliphatic heterocycles. The Morgan fingerprint density at radius 2 is 1.81 bits per heavy atom. The minimum Gasteiger partial charge on any atom is -0.462 e. The van der Waals surface area contributed by atoms with E-state index in [9.17, 15) is 4.79 Å². The largest absolute Gasteiger partial charge is 0.462 e. The summed E-state index contributed by atoms with van der Waals surface area (Å²) in [4.78, 5) is 11.9. The molecule has 0 bridgehead atoms. The van der Waals surface area contributed by atoms with Crippen LogP contribution in [0.3, 0.4) is 0 Å². The second kappa shape index (κ2) is 7.61. The Morgan fingerprint density at radius 3 is 2.43 bits per heavy atom. The van der Waals surface area contributed by atoms with Crippen LogP contribution in [-0.4, -0.2) is 12.6 Å². The molecular weight excluding hydrogens is 400 g/mol. The molecule has 0 aliphatic rings. The van der Waals surface area contributed by atoms with E-state index in [0.29, 0.717) is 17.9 Å². The zero-order valence-electron chi connectivity index (χ0n) is 11.4. The van der Waals surface area contributed by atoms with Crippen LogP contribution in [0, 0.1) is 0 Å². The summed E-state index contributed by atoms with van der Waals surface area (Å²) in [6, 6.07) is 14.8. The molecule has 0 saturated carbocycles. The third-order valence-corrected chi connectivity index (χ3v) is 3.72. The molecular formula is C16H14Br2O3. The molecule has 2 aromatic carbocycles. The Hall–Kier alpha value is -1.33. The fraction of sp³-hybridized carbons (Fsp3) is 0.188. The van der Waals surface area contributed by atoms with Gasteiger partial charge in [-0.2, -0.15) is 0 Å². The highest BCUT2D eigenvalue weighted by molar-refractivity contribution is 9.24. The van der Waals surface area contributed by atoms with Crippen LogP contribution in [0.2, 0.25) is 0 Å². The first kappa shape index (κ1) is 16.0. The summed E-state index contributed by atoms with van der Waals surface area (Å²) >= 11 is 6.85. The van der Waals surface area contributed by atoms with Gasteiger partial charge in [0, 0.05) is 0 Å². The van der Waals surface area contributed by atoms with Crippen molar-refractivity contribution in [1.82, 2.24) is 0 Å². The summed E-state index contributed by atoms with van der Waals surface area (Å²) < 4.78 is 10.7. The molecule has 0 aromatic heterocycles. The van der Waals surface area contributed by atoms with Crippen molar-refractivity contribution >= 4 is 37.8 Å². The maximum atomic E-state index is 11.9. The lowest BCUT2D eigenvalue weighted by Gasteiger charge is -2.12. The number of para-hydroxylation sites is 1. The van der Waals surface area contributed by atoms with E-state index in [1.807, 2.05) is 36.4 Å². The zero-order valence-corrected chi connectivity index (χ0v) is 14.6. The van der Waals surface area contributed by atoms with Gasteiger partial charge in [0.05, 0.1) is 15.9 Å². The highest BCUT2D eigenvalue weighted by Crippen LogP contribution is 2.35. The van der Waals surface area contributed by atoms with E-state index in [2.05, 4.69) is 31.9 Å². The van der Waals surface area contributed by atoms with Gasteiger partial charge in [-0.1, -0.05) is 50.1 Å². The molecule has 110 valence electrons. The van der Waals surface area contributed by atoms with Gasteiger partial charge in [0.2, 0.25) is 0 Å². The maximum absolute atomic E-state index is 11.9. The third kappa shape index (κ3) is 4.32. The quantitative estimate of drug-likeness (QED) is 0.483. The number of hydrogen-bond donors (Lipinski definition) is 0. The Balaban J connectivity index is 2.30. The van der Waals surface area contributed by atoms with Crippen molar-refractivity contribution in [1.29, 1.82) is 0 Å². The summed E-state index contributed by atoms with van der Waals surface area (Å²) in [5.41, 5.74) is 1.28. The second-order valence-corrected chi connectivity index (χ2v) is 7.25. The van der Waals surface area contributed by atoms with Crippen LogP contribution >= 0.6 is 31.9 Å². The standard InChI is InChI=1S/C16H14Br2O3/c1-2-20-16(19)13-9-8-12(10-14(13)15(17)18)21-11-6-4-3-5-7-11/h3-10,15H,2H2,1H3. The van der Waals surface area contributed by atoms with Gasteiger partial charge in [-0.05, 0) is 42.8 Å². The van der Waals surface area contributed by atoms with Gasteiger partial charge in [-0.25, -0.2) is 4.79 Å². The number of carbonyl (C=O) groups is 1. The summed E-state index contributed by atoms with van der Waals surface area (Å²) in [7, 11) is 0. The van der Waals surface area contributed by atoms with E-state index in [1.54, 1.807) is 19.1 Å². The zero-order chi connectivity index (χ0) is 15.2. The molecule has 0 aliphatic carbocycles. The molecule has 0 atom stereocenters. The van der Waals surface area contributed by atoms with E-state index in [0.717, 1.165) is 11.3 Å². The average molecular weight is 414 g/mol. The molecule has 0 fully saturated rings. The third-order valence-electron chi connectivity index (χ3n) is 2.73. The van der Waals surface area contributed by atoms with E-state index in [-0.39, 0.29) is 9.71 Å². The summed E-state index contributed by atoms with van der Waals surface area (Å²) in [5.74, 6) is 1.06. The maximum Gasteiger partial charge on any atom is 0.338 e. The lowest BCUT2D eigenvalue weighted by Crippen LogP contribution is -2.08. The van der Waals surface area contributed by atoms with Gasteiger partial charge >= 0.3 is 5.97 Å². The normalized spacial score (nSPS) is 10.5. The smallest absolute Gasteiger partial charge is 0.338 e. The molecule has 0 radical (unpaired) electrons. The van der Waals surface area contributed by atoms with Crippen LogP contribution < -0.4 is 4.74 Å². The van der Waals surface area contributed by atoms with E-state index >= 15 is 0 Å². The molecule has 0 saturated heterocycles. The monoisotopic (exact) mass is 412 g/mol. The summed E-state index contributed by atoms with van der Waals surface area (Å²) in [5, 5.41) is 0. The Kier molecular flexibility index (Phi) is 5.82. The first-order chi connectivity index (χ1) is 10.1. The molecule has 3 nitrogen and oxygen atoms in total. The molecule has 0 heterocycles. The van der Waals surface area contributed by atoms with Crippen molar-refractivity contribution in [3.05, 3.63) is 59.7 Å². The number of rotatable bonds is 5. The van der Waals surface area contributed by atoms with Crippen molar-refractivity contribution in [2.45, 2.75) is 10.7 Å². The molecule has 0 spiro atoms. The molecule has 2 aromatic rings. The fourth-order valence-electron chi connectivity index (χ4n) is 1.80. The van der Waals surface area contributed by atoms with Crippen LogP contribution in [0.5, 0.6) is 11.5 Å². The minimum absolute atomic E-state index is 0.163. The Morgan fingerprint density at radius 1 is 1.10 bits per heavy atom. The van der Waals surface area contributed by atoms with Crippen LogP contribution in [0.4, 0.5) is 0 Å². The van der Waals surface area contributed by atoms with Crippen molar-refractivity contribution < 1.29 is 14.3 Å². The minimum atomic E-state index is -0.345. The van der Waals surface area contributed by atoms with E-state index < -0.39 is 0 Å². The Bertz CT molecular complexity index is 612. The van der Waals surface area contributed by atoms with E-state index in [4.69, 9.17) is 9.47 Å². The van der Waals surface area contributed by atoms with Gasteiger partial charge in [0.15, 0.2) is 0 Å². The number of ether oxygens (including phenoxy) is 2. The number of benzene rings is 2. The highest BCUT2D eigenvalue weighted by Gasteiger charge is 2.17. The topological polar surface area (TPSA) is 35.5 Å². The summed E-state index contributed by atoms with van der Waals surface area (Å²) in [6.45, 7) is 2.12. The van der Waals surface area contributed by atoms with Crippen molar-refractivity contribution in [3.63, 3.8) is 0 Å². The van der Waals surface area contributed by atoms with E-state index in [1.165, 1.54) is 0 Å². The molecule has 0 unspecified atom stereocenters. The van der Waals surface area contributed by atoms with Gasteiger partial charge in [0.1, 0.15) is 11.5 Å².